The SMILES string of the molecule is C=C.C=CC.CC=O.CCCCCc1ccc(C2C=C(C)CCC2)c(CC/C=C/NCC2=C(C)NC(C)C2)c1. The molecule has 1 aliphatic carbocycles. The molecule has 2 aliphatic rings. The zero-order valence-corrected chi connectivity index (χ0v) is 26.1. The van der Waals surface area contributed by atoms with Crippen molar-refractivity contribution in [1.82, 2.24) is 10.6 Å². The molecule has 1 aromatic carbocycles. The van der Waals surface area contributed by atoms with Crippen LogP contribution >= 0.6 is 0 Å². The van der Waals surface area contributed by atoms with Crippen LogP contribution in [-0.2, 0) is 17.6 Å². The van der Waals surface area contributed by atoms with Gasteiger partial charge in [-0.15, -0.1) is 19.7 Å². The smallest absolute Gasteiger partial charge is 0.116 e. The molecule has 2 N–H and O–H groups in total. The van der Waals surface area contributed by atoms with Gasteiger partial charge in [-0.1, -0.05) is 61.8 Å². The van der Waals surface area contributed by atoms with Crippen molar-refractivity contribution in [2.45, 2.75) is 118 Å². The maximum absolute atomic E-state index is 8.81. The minimum absolute atomic E-state index is 0.585. The molecule has 0 aromatic heterocycles. The van der Waals surface area contributed by atoms with E-state index in [-0.39, 0.29) is 0 Å². The van der Waals surface area contributed by atoms with Crippen LogP contribution in [0.2, 0.25) is 0 Å². The lowest BCUT2D eigenvalue weighted by atomic mass is 9.82. The van der Waals surface area contributed by atoms with E-state index in [1.807, 2.05) is 6.92 Å². The number of hydrogen-bond donors (Lipinski definition) is 2. The Morgan fingerprint density at radius 2 is 1.82 bits per heavy atom. The second kappa shape index (κ2) is 23.1. The maximum atomic E-state index is 8.81. The van der Waals surface area contributed by atoms with Crippen molar-refractivity contribution in [3.8, 4) is 0 Å². The second-order valence-corrected chi connectivity index (χ2v) is 10.4. The number of unbranched alkanes of at least 4 members (excludes halogenated alkanes) is 2. The molecule has 0 fully saturated rings. The number of rotatable bonds is 11. The Bertz CT molecular complexity index is 903. The molecule has 0 radical (unpaired) electrons. The van der Waals surface area contributed by atoms with Crippen LogP contribution in [-0.4, -0.2) is 18.9 Å². The van der Waals surface area contributed by atoms with Crippen molar-refractivity contribution in [2.24, 2.45) is 0 Å². The van der Waals surface area contributed by atoms with E-state index in [4.69, 9.17) is 4.79 Å². The summed E-state index contributed by atoms with van der Waals surface area (Å²) in [7, 11) is 0. The lowest BCUT2D eigenvalue weighted by Gasteiger charge is -2.23. The van der Waals surface area contributed by atoms with E-state index in [0.717, 1.165) is 32.1 Å². The van der Waals surface area contributed by atoms with Gasteiger partial charge in [0.2, 0.25) is 0 Å². The van der Waals surface area contributed by atoms with Gasteiger partial charge in [-0.2, -0.15) is 0 Å². The first kappa shape index (κ1) is 36.2. The fourth-order valence-corrected chi connectivity index (χ4v) is 5.17. The quantitative estimate of drug-likeness (QED) is 0.169. The van der Waals surface area contributed by atoms with Crippen LogP contribution in [0.15, 0.2) is 79.2 Å². The number of carbonyl (C=O) groups excluding carboxylic acids is 1. The molecule has 39 heavy (non-hydrogen) atoms. The summed E-state index contributed by atoms with van der Waals surface area (Å²) in [6.45, 7) is 22.7. The van der Waals surface area contributed by atoms with Crippen LogP contribution in [0.1, 0.15) is 116 Å². The number of hydrogen-bond acceptors (Lipinski definition) is 3. The van der Waals surface area contributed by atoms with Crippen molar-refractivity contribution in [3.63, 3.8) is 0 Å². The van der Waals surface area contributed by atoms with Crippen molar-refractivity contribution in [2.75, 3.05) is 6.54 Å². The first-order chi connectivity index (χ1) is 18.9. The van der Waals surface area contributed by atoms with Crippen LogP contribution in [0.25, 0.3) is 0 Å². The van der Waals surface area contributed by atoms with Crippen LogP contribution < -0.4 is 10.6 Å². The Morgan fingerprint density at radius 1 is 1.13 bits per heavy atom. The van der Waals surface area contributed by atoms with Gasteiger partial charge in [0, 0.05) is 24.2 Å². The minimum atomic E-state index is 0.585. The summed E-state index contributed by atoms with van der Waals surface area (Å²) in [6.07, 6.45) is 22.0. The van der Waals surface area contributed by atoms with Gasteiger partial charge in [0.1, 0.15) is 6.29 Å². The molecule has 0 amide bonds. The van der Waals surface area contributed by atoms with Crippen molar-refractivity contribution in [3.05, 3.63) is 95.9 Å². The molecule has 0 bridgehead atoms. The third-order valence-corrected chi connectivity index (χ3v) is 6.93. The Kier molecular flexibility index (Phi) is 21.4. The number of nitrogens with one attached hydrogen (secondary N) is 2. The van der Waals surface area contributed by atoms with Crippen LogP contribution in [0.5, 0.6) is 0 Å². The van der Waals surface area contributed by atoms with E-state index >= 15 is 0 Å². The molecule has 3 nitrogen and oxygen atoms in total. The maximum Gasteiger partial charge on any atom is 0.116 e. The highest BCUT2D eigenvalue weighted by molar-refractivity contribution is 5.44. The van der Waals surface area contributed by atoms with Gasteiger partial charge in [0.15, 0.2) is 0 Å². The molecule has 3 rings (SSSR count). The average Bonchev–Trinajstić information content (AvgIpc) is 3.25. The van der Waals surface area contributed by atoms with Crippen LogP contribution in [0.3, 0.4) is 0 Å². The third-order valence-electron chi connectivity index (χ3n) is 6.93. The van der Waals surface area contributed by atoms with E-state index in [1.54, 1.807) is 22.8 Å². The third kappa shape index (κ3) is 15.4. The monoisotopic (exact) mass is 534 g/mol. The van der Waals surface area contributed by atoms with Gasteiger partial charge >= 0.3 is 0 Å². The number of aryl methyl sites for hydroxylation is 2. The summed E-state index contributed by atoms with van der Waals surface area (Å²) in [5.74, 6) is 0.613. The lowest BCUT2D eigenvalue weighted by molar-refractivity contribution is -0.106. The number of benzene rings is 1. The van der Waals surface area contributed by atoms with Gasteiger partial charge < -0.3 is 15.4 Å². The molecule has 0 saturated heterocycles. The van der Waals surface area contributed by atoms with Gasteiger partial charge in [0.05, 0.1) is 0 Å². The molecule has 2 atom stereocenters. The zero-order chi connectivity index (χ0) is 29.5. The fraction of sp³-hybridized carbons (Fsp3) is 0.528. The summed E-state index contributed by atoms with van der Waals surface area (Å²) in [4.78, 5) is 8.81. The molecular weight excluding hydrogens is 476 g/mol. The van der Waals surface area contributed by atoms with Gasteiger partial charge in [0.25, 0.3) is 0 Å². The van der Waals surface area contributed by atoms with Gasteiger partial charge in [-0.25, -0.2) is 0 Å². The predicted molar refractivity (Wildman–Crippen MR) is 174 cm³/mol. The highest BCUT2D eigenvalue weighted by atomic mass is 16.1. The highest BCUT2D eigenvalue weighted by Crippen LogP contribution is 2.34. The normalized spacial score (nSPS) is 17.8. The molecular formula is C36H58N2O. The molecule has 2 unspecified atom stereocenters. The van der Waals surface area contributed by atoms with E-state index in [2.05, 4.69) is 94.6 Å². The highest BCUT2D eigenvalue weighted by Gasteiger charge is 2.17. The Labute approximate surface area is 241 Å². The summed E-state index contributed by atoms with van der Waals surface area (Å²) in [6, 6.07) is 7.95. The zero-order valence-electron chi connectivity index (χ0n) is 26.1. The largest absolute Gasteiger partial charge is 0.387 e. The first-order valence-corrected chi connectivity index (χ1v) is 15.0. The second-order valence-electron chi connectivity index (χ2n) is 10.4. The number of carbonyl (C=O) groups is 1. The topological polar surface area (TPSA) is 41.1 Å². The van der Waals surface area contributed by atoms with E-state index in [9.17, 15) is 0 Å². The fourth-order valence-electron chi connectivity index (χ4n) is 5.17. The standard InChI is InChI=1S/C29H44N2.C3H6.C2H4O.C2H4/c1-5-6-7-12-25-15-16-29(26-14-10-11-22(2)18-26)27(20-25)13-8-9-17-30-21-28-19-23(3)31-24(28)4;1-3-2;1-2-3;1-2/h9,15-18,20,23,26,30-31H,5-8,10-14,19,21H2,1-4H3;3H,1H2,2H3;2H,1H3;1-2H2/b17-9+;;;. The summed E-state index contributed by atoms with van der Waals surface area (Å²) >= 11 is 0. The van der Waals surface area contributed by atoms with E-state index in [0.29, 0.717) is 12.0 Å². The van der Waals surface area contributed by atoms with Gasteiger partial charge in [-0.3, -0.25) is 0 Å². The molecule has 218 valence electrons. The predicted octanol–water partition coefficient (Wildman–Crippen LogP) is 9.52. The van der Waals surface area contributed by atoms with E-state index in [1.165, 1.54) is 68.7 Å². The van der Waals surface area contributed by atoms with Crippen molar-refractivity contribution < 1.29 is 4.79 Å². The van der Waals surface area contributed by atoms with Crippen molar-refractivity contribution >= 4 is 6.29 Å². The molecule has 1 aliphatic heterocycles. The minimum Gasteiger partial charge on any atom is -0.387 e. The van der Waals surface area contributed by atoms with Crippen molar-refractivity contribution in [1.29, 1.82) is 0 Å². The Balaban J connectivity index is 0.00000162. The molecule has 0 saturated carbocycles. The van der Waals surface area contributed by atoms with E-state index < -0.39 is 0 Å². The van der Waals surface area contributed by atoms with Gasteiger partial charge in [-0.05, 0) is 114 Å². The Morgan fingerprint density at radius 3 is 2.41 bits per heavy atom. The molecule has 0 spiro atoms. The lowest BCUT2D eigenvalue weighted by Crippen LogP contribution is -2.16. The summed E-state index contributed by atoms with van der Waals surface area (Å²) in [5, 5.41) is 7.02. The average molecular weight is 535 g/mol. The summed E-state index contributed by atoms with van der Waals surface area (Å²) in [5.41, 5.74) is 9.11. The van der Waals surface area contributed by atoms with Crippen LogP contribution in [0, 0.1) is 0 Å². The molecule has 1 aromatic rings. The number of aldehydes is 1. The Hall–Kier alpha value is -2.81. The molecule has 3 heteroatoms. The number of allylic oxidation sites excluding steroid dienone is 5. The molecule has 1 heterocycles. The van der Waals surface area contributed by atoms with Crippen LogP contribution in [0.4, 0.5) is 0 Å². The first-order valence-electron chi connectivity index (χ1n) is 15.0. The summed E-state index contributed by atoms with van der Waals surface area (Å²) < 4.78 is 0.